The maximum atomic E-state index is 13.0. The van der Waals surface area contributed by atoms with Gasteiger partial charge in [-0.1, -0.05) is 48.8 Å². The summed E-state index contributed by atoms with van der Waals surface area (Å²) in [6.45, 7) is 3.48. The van der Waals surface area contributed by atoms with Crippen molar-refractivity contribution in [2.75, 3.05) is 7.05 Å². The van der Waals surface area contributed by atoms with Crippen LogP contribution in [0.5, 0.6) is 0 Å². The third kappa shape index (κ3) is 4.00. The third-order valence-electron chi connectivity index (χ3n) is 6.27. The van der Waals surface area contributed by atoms with Crippen LogP contribution in [-0.4, -0.2) is 37.7 Å². The Labute approximate surface area is 190 Å². The summed E-state index contributed by atoms with van der Waals surface area (Å²) in [6, 6.07) is 10.2. The van der Waals surface area contributed by atoms with Crippen molar-refractivity contribution in [2.45, 2.75) is 58.2 Å². The normalized spacial score (nSPS) is 16.0. The van der Waals surface area contributed by atoms with Crippen LogP contribution in [0.15, 0.2) is 46.0 Å². The highest BCUT2D eigenvalue weighted by molar-refractivity contribution is 7.18. The number of likely N-dealkylation sites (N-methyl/N-ethyl adjacent to an activating group) is 1. The van der Waals surface area contributed by atoms with Crippen LogP contribution >= 0.6 is 11.3 Å². The van der Waals surface area contributed by atoms with Gasteiger partial charge in [-0.2, -0.15) is 4.98 Å². The van der Waals surface area contributed by atoms with E-state index in [1.165, 1.54) is 10.4 Å². The van der Waals surface area contributed by atoms with Crippen LogP contribution in [-0.2, 0) is 25.9 Å². The van der Waals surface area contributed by atoms with Crippen molar-refractivity contribution in [2.24, 2.45) is 0 Å². The first kappa shape index (κ1) is 21.0. The largest absolute Gasteiger partial charge is 0.338 e. The lowest BCUT2D eigenvalue weighted by Crippen LogP contribution is -2.35. The average molecular weight is 450 g/mol. The van der Waals surface area contributed by atoms with E-state index in [1.54, 1.807) is 22.2 Å². The first-order valence-electron chi connectivity index (χ1n) is 11.2. The molecular formula is C24H27N5O2S. The van der Waals surface area contributed by atoms with Gasteiger partial charge in [-0.05, 0) is 38.3 Å². The minimum atomic E-state index is 0.118. The summed E-state index contributed by atoms with van der Waals surface area (Å²) < 4.78 is 7.28. The number of aromatic nitrogens is 4. The first-order chi connectivity index (χ1) is 15.6. The topological polar surface area (TPSA) is 77.1 Å². The zero-order valence-electron chi connectivity index (χ0n) is 18.5. The molecule has 0 amide bonds. The standard InChI is InChI=1S/C24H27N5O2S/c1-3-4-12-29-15-25-23-21(24(29)30)18-11-10-17(13-19(18)32-23)28(2)14-20-26-22(27-31-20)16-8-6-5-7-9-16/h5-9,15,17H,3-4,10-14H2,1-2H3. The molecule has 0 fully saturated rings. The molecule has 32 heavy (non-hydrogen) atoms. The molecule has 5 rings (SSSR count). The predicted octanol–water partition coefficient (Wildman–Crippen LogP) is 4.30. The molecule has 0 saturated heterocycles. The fourth-order valence-electron chi connectivity index (χ4n) is 4.41. The first-order valence-corrected chi connectivity index (χ1v) is 12.0. The molecule has 1 aliphatic carbocycles. The van der Waals surface area contributed by atoms with Crippen molar-refractivity contribution in [3.63, 3.8) is 0 Å². The number of aryl methyl sites for hydroxylation is 2. The highest BCUT2D eigenvalue weighted by Crippen LogP contribution is 2.35. The number of fused-ring (bicyclic) bond motifs is 3. The maximum absolute atomic E-state index is 13.0. The van der Waals surface area contributed by atoms with E-state index in [1.807, 2.05) is 30.3 Å². The Morgan fingerprint density at radius 2 is 2.12 bits per heavy atom. The highest BCUT2D eigenvalue weighted by Gasteiger charge is 2.28. The molecule has 1 aliphatic rings. The second-order valence-electron chi connectivity index (χ2n) is 8.47. The van der Waals surface area contributed by atoms with Gasteiger partial charge in [0.15, 0.2) is 0 Å². The average Bonchev–Trinajstić information content (AvgIpc) is 3.43. The zero-order chi connectivity index (χ0) is 22.1. The lowest BCUT2D eigenvalue weighted by molar-refractivity contribution is 0.189. The number of hydrogen-bond donors (Lipinski definition) is 0. The molecule has 0 spiro atoms. The predicted molar refractivity (Wildman–Crippen MR) is 126 cm³/mol. The van der Waals surface area contributed by atoms with Gasteiger partial charge in [0.2, 0.25) is 11.7 Å². The fraction of sp³-hybridized carbons (Fsp3) is 0.417. The van der Waals surface area contributed by atoms with Gasteiger partial charge < -0.3 is 4.52 Å². The molecule has 1 unspecified atom stereocenters. The van der Waals surface area contributed by atoms with Gasteiger partial charge in [-0.15, -0.1) is 11.3 Å². The van der Waals surface area contributed by atoms with E-state index >= 15 is 0 Å². The SMILES string of the molecule is CCCCn1cnc2sc3c(c2c1=O)CCC(N(C)Cc1nc(-c2ccccc2)no1)C3. The summed E-state index contributed by atoms with van der Waals surface area (Å²) in [5.41, 5.74) is 2.28. The number of rotatable bonds is 7. The number of hydrogen-bond acceptors (Lipinski definition) is 7. The highest BCUT2D eigenvalue weighted by atomic mass is 32.1. The molecule has 7 nitrogen and oxygen atoms in total. The smallest absolute Gasteiger partial charge is 0.262 e. The van der Waals surface area contributed by atoms with Gasteiger partial charge in [0.25, 0.3) is 5.56 Å². The summed E-state index contributed by atoms with van der Waals surface area (Å²) in [5.74, 6) is 1.24. The van der Waals surface area contributed by atoms with Crippen LogP contribution in [0.1, 0.15) is 42.5 Å². The lowest BCUT2D eigenvalue weighted by atomic mass is 9.92. The molecule has 166 valence electrons. The molecule has 3 aromatic heterocycles. The Morgan fingerprint density at radius 3 is 2.94 bits per heavy atom. The van der Waals surface area contributed by atoms with Crippen LogP contribution in [0.4, 0.5) is 0 Å². The zero-order valence-corrected chi connectivity index (χ0v) is 19.3. The van der Waals surface area contributed by atoms with Gasteiger partial charge >= 0.3 is 0 Å². The molecule has 0 aliphatic heterocycles. The monoisotopic (exact) mass is 449 g/mol. The van der Waals surface area contributed by atoms with Crippen LogP contribution in [0.3, 0.4) is 0 Å². The van der Waals surface area contributed by atoms with Gasteiger partial charge in [0.1, 0.15) is 4.83 Å². The van der Waals surface area contributed by atoms with Gasteiger partial charge in [-0.25, -0.2) is 4.98 Å². The van der Waals surface area contributed by atoms with E-state index in [2.05, 4.69) is 34.0 Å². The Bertz CT molecular complexity index is 1280. The quantitative estimate of drug-likeness (QED) is 0.419. The van der Waals surface area contributed by atoms with E-state index in [0.717, 1.165) is 54.4 Å². The third-order valence-corrected chi connectivity index (χ3v) is 7.43. The fourth-order valence-corrected chi connectivity index (χ4v) is 5.66. The maximum Gasteiger partial charge on any atom is 0.262 e. The van der Waals surface area contributed by atoms with E-state index < -0.39 is 0 Å². The number of unbranched alkanes of at least 4 members (excludes halogenated alkanes) is 1. The van der Waals surface area contributed by atoms with Gasteiger partial charge in [0, 0.05) is 23.0 Å². The van der Waals surface area contributed by atoms with Gasteiger partial charge in [0.05, 0.1) is 18.3 Å². The molecule has 0 N–H and O–H groups in total. The Balaban J connectivity index is 1.32. The van der Waals surface area contributed by atoms with Crippen LogP contribution in [0.25, 0.3) is 21.6 Å². The Hall–Kier alpha value is -2.84. The number of thiophene rings is 1. The van der Waals surface area contributed by atoms with Crippen molar-refractivity contribution in [1.82, 2.24) is 24.6 Å². The summed E-state index contributed by atoms with van der Waals surface area (Å²) in [6.07, 6.45) is 6.59. The number of benzene rings is 1. The minimum absolute atomic E-state index is 0.118. The van der Waals surface area contributed by atoms with Gasteiger partial charge in [-0.3, -0.25) is 14.3 Å². The summed E-state index contributed by atoms with van der Waals surface area (Å²) in [5, 5.41) is 4.97. The van der Waals surface area contributed by atoms with E-state index in [-0.39, 0.29) is 5.56 Å². The second-order valence-corrected chi connectivity index (χ2v) is 9.55. The van der Waals surface area contributed by atoms with Crippen LogP contribution < -0.4 is 5.56 Å². The molecule has 1 atom stereocenters. The summed E-state index contributed by atoms with van der Waals surface area (Å²) >= 11 is 1.67. The Kier molecular flexibility index (Phi) is 5.89. The molecule has 4 aromatic rings. The van der Waals surface area contributed by atoms with Crippen LogP contribution in [0.2, 0.25) is 0 Å². The summed E-state index contributed by atoms with van der Waals surface area (Å²) in [7, 11) is 2.10. The van der Waals surface area contributed by atoms with E-state index in [9.17, 15) is 4.79 Å². The molecule has 0 radical (unpaired) electrons. The van der Waals surface area contributed by atoms with E-state index in [4.69, 9.17) is 4.52 Å². The molecule has 0 saturated carbocycles. The van der Waals surface area contributed by atoms with Crippen molar-refractivity contribution in [3.05, 3.63) is 63.3 Å². The molecule has 0 bridgehead atoms. The minimum Gasteiger partial charge on any atom is -0.338 e. The molecule has 3 heterocycles. The molecular weight excluding hydrogens is 422 g/mol. The van der Waals surface area contributed by atoms with Crippen molar-refractivity contribution in [1.29, 1.82) is 0 Å². The number of nitrogens with zero attached hydrogens (tertiary/aromatic N) is 5. The van der Waals surface area contributed by atoms with Crippen LogP contribution in [0, 0.1) is 0 Å². The summed E-state index contributed by atoms with van der Waals surface area (Å²) in [4.78, 5) is 26.7. The molecule has 8 heteroatoms. The van der Waals surface area contributed by atoms with Crippen molar-refractivity contribution < 1.29 is 4.52 Å². The van der Waals surface area contributed by atoms with Crippen molar-refractivity contribution >= 4 is 21.6 Å². The Morgan fingerprint density at radius 1 is 1.28 bits per heavy atom. The lowest BCUT2D eigenvalue weighted by Gasteiger charge is -2.30. The van der Waals surface area contributed by atoms with Crippen molar-refractivity contribution in [3.8, 4) is 11.4 Å². The molecule has 1 aromatic carbocycles. The second kappa shape index (κ2) is 8.96. The van der Waals surface area contributed by atoms with E-state index in [0.29, 0.717) is 24.3 Å².